The molecule has 1 unspecified atom stereocenters. The van der Waals surface area contributed by atoms with Gasteiger partial charge in [0.25, 0.3) is 8.32 Å². The van der Waals surface area contributed by atoms with Crippen molar-refractivity contribution in [1.29, 1.82) is 0 Å². The second kappa shape index (κ2) is 7.32. The van der Waals surface area contributed by atoms with Gasteiger partial charge in [-0.2, -0.15) is 0 Å². The zero-order chi connectivity index (χ0) is 17.8. The maximum absolute atomic E-state index is 11.7. The summed E-state index contributed by atoms with van der Waals surface area (Å²) in [5.74, 6) is -0.898. The number of hydrogen-bond donors (Lipinski definition) is 1. The normalized spacial score (nSPS) is 13.5. The molecule has 0 aliphatic rings. The fraction of sp³-hybridized carbons (Fsp3) is 0.350. The zero-order valence-corrected chi connectivity index (χ0v) is 15.8. The molecule has 0 aliphatic heterocycles. The van der Waals surface area contributed by atoms with Crippen LogP contribution < -0.4 is 10.4 Å². The van der Waals surface area contributed by atoms with E-state index in [0.717, 1.165) is 10.4 Å². The number of hydrogen-bond acceptors (Lipinski definition) is 2. The van der Waals surface area contributed by atoms with Crippen molar-refractivity contribution in [3.05, 3.63) is 60.7 Å². The molecule has 0 fully saturated rings. The smallest absolute Gasteiger partial charge is 0.331 e. The summed E-state index contributed by atoms with van der Waals surface area (Å²) in [5.41, 5.74) is 0. The number of benzene rings is 2. The fourth-order valence-electron chi connectivity index (χ4n) is 3.21. The maximum atomic E-state index is 11.7. The standard InChI is InChI=1S/C20H26O3Si/c1-5-18(19(21)22)23-24(20(2,3)4,16-12-8-6-9-13-16)17-14-10-7-11-15-17/h6-15,18H,5H2,1-4H3,(H,21,22). The van der Waals surface area contributed by atoms with Gasteiger partial charge in [-0.1, -0.05) is 88.4 Å². The van der Waals surface area contributed by atoms with Crippen molar-refractivity contribution in [3.8, 4) is 0 Å². The molecule has 0 saturated carbocycles. The molecule has 128 valence electrons. The maximum Gasteiger partial charge on any atom is 0.331 e. The predicted molar refractivity (Wildman–Crippen MR) is 100 cm³/mol. The van der Waals surface area contributed by atoms with Crippen molar-refractivity contribution < 1.29 is 14.3 Å². The first-order valence-corrected chi connectivity index (χ1v) is 10.3. The highest BCUT2D eigenvalue weighted by Crippen LogP contribution is 2.37. The van der Waals surface area contributed by atoms with Crippen LogP contribution in [0.1, 0.15) is 34.1 Å². The van der Waals surface area contributed by atoms with Crippen LogP contribution in [0, 0.1) is 0 Å². The molecule has 24 heavy (non-hydrogen) atoms. The van der Waals surface area contributed by atoms with Crippen LogP contribution in [0.25, 0.3) is 0 Å². The van der Waals surface area contributed by atoms with E-state index in [1.54, 1.807) is 0 Å². The summed E-state index contributed by atoms with van der Waals surface area (Å²) in [7, 11) is -2.78. The highest BCUT2D eigenvalue weighted by Gasteiger charge is 2.52. The van der Waals surface area contributed by atoms with Crippen LogP contribution in [0.15, 0.2) is 60.7 Å². The number of aliphatic carboxylic acids is 1. The minimum Gasteiger partial charge on any atom is -0.479 e. The molecular weight excluding hydrogens is 316 g/mol. The van der Waals surface area contributed by atoms with Gasteiger partial charge in [-0.15, -0.1) is 0 Å². The summed E-state index contributed by atoms with van der Waals surface area (Å²) in [5, 5.41) is 11.6. The molecule has 0 heterocycles. The molecule has 1 atom stereocenters. The quantitative estimate of drug-likeness (QED) is 0.818. The number of carbonyl (C=O) groups is 1. The van der Waals surface area contributed by atoms with Gasteiger partial charge in [0.15, 0.2) is 0 Å². The van der Waals surface area contributed by atoms with Crippen LogP contribution in [-0.4, -0.2) is 25.5 Å². The summed E-state index contributed by atoms with van der Waals surface area (Å²) in [6.07, 6.45) is -0.365. The minimum absolute atomic E-state index is 0.210. The molecule has 3 nitrogen and oxygen atoms in total. The Morgan fingerprint density at radius 3 is 1.71 bits per heavy atom. The first kappa shape index (κ1) is 18.4. The molecule has 0 bridgehead atoms. The molecule has 0 amide bonds. The van der Waals surface area contributed by atoms with Crippen LogP contribution >= 0.6 is 0 Å². The van der Waals surface area contributed by atoms with Gasteiger partial charge in [-0.25, -0.2) is 4.79 Å². The van der Waals surface area contributed by atoms with Crippen LogP contribution in [0.2, 0.25) is 5.04 Å². The molecular formula is C20H26O3Si. The number of rotatable bonds is 6. The Morgan fingerprint density at radius 1 is 1.00 bits per heavy atom. The Labute approximate surface area is 145 Å². The third-order valence-electron chi connectivity index (χ3n) is 4.38. The molecule has 2 aromatic rings. The molecule has 4 heteroatoms. The van der Waals surface area contributed by atoms with E-state index in [2.05, 4.69) is 45.0 Å². The van der Waals surface area contributed by atoms with E-state index in [4.69, 9.17) is 4.43 Å². The average Bonchev–Trinajstić information content (AvgIpc) is 2.56. The lowest BCUT2D eigenvalue weighted by molar-refractivity contribution is -0.145. The highest BCUT2D eigenvalue weighted by molar-refractivity contribution is 6.99. The monoisotopic (exact) mass is 342 g/mol. The lowest BCUT2D eigenvalue weighted by Gasteiger charge is -2.44. The van der Waals surface area contributed by atoms with E-state index in [9.17, 15) is 9.90 Å². The molecule has 1 N–H and O–H groups in total. The Kier molecular flexibility index (Phi) is 5.62. The molecule has 0 saturated heterocycles. The summed E-state index contributed by atoms with van der Waals surface area (Å²) < 4.78 is 6.52. The first-order chi connectivity index (χ1) is 11.3. The Hall–Kier alpha value is -1.91. The molecule has 0 radical (unpaired) electrons. The Morgan fingerprint density at radius 2 is 1.42 bits per heavy atom. The van der Waals surface area contributed by atoms with Crippen molar-refractivity contribution in [3.63, 3.8) is 0 Å². The molecule has 0 aliphatic carbocycles. The second-order valence-electron chi connectivity index (χ2n) is 7.02. The third kappa shape index (κ3) is 3.45. The fourth-order valence-corrected chi connectivity index (χ4v) is 7.92. The van der Waals surface area contributed by atoms with Gasteiger partial charge in [0, 0.05) is 0 Å². The number of carboxylic acids is 1. The Balaban J connectivity index is 2.73. The van der Waals surface area contributed by atoms with Crippen molar-refractivity contribution in [2.75, 3.05) is 0 Å². The van der Waals surface area contributed by atoms with Gasteiger partial charge in [0.1, 0.15) is 6.10 Å². The Bertz CT molecular complexity index is 623. The van der Waals surface area contributed by atoms with E-state index in [0.29, 0.717) is 6.42 Å². The number of carboxylic acid groups (broad SMARTS) is 1. The predicted octanol–water partition coefficient (Wildman–Crippen LogP) is 3.43. The van der Waals surface area contributed by atoms with E-state index in [-0.39, 0.29) is 5.04 Å². The van der Waals surface area contributed by atoms with Gasteiger partial charge >= 0.3 is 5.97 Å². The molecule has 2 rings (SSSR count). The summed E-state index contributed by atoms with van der Waals surface area (Å²) >= 11 is 0. The van der Waals surface area contributed by atoms with Crippen molar-refractivity contribution in [1.82, 2.24) is 0 Å². The lowest BCUT2D eigenvalue weighted by Crippen LogP contribution is -2.68. The largest absolute Gasteiger partial charge is 0.479 e. The summed E-state index contributed by atoms with van der Waals surface area (Å²) in [6.45, 7) is 8.30. The van der Waals surface area contributed by atoms with Crippen LogP contribution in [0.3, 0.4) is 0 Å². The van der Waals surface area contributed by atoms with Crippen LogP contribution in [-0.2, 0) is 9.22 Å². The van der Waals surface area contributed by atoms with Crippen molar-refractivity contribution >= 4 is 24.7 Å². The first-order valence-electron chi connectivity index (χ1n) is 8.34. The van der Waals surface area contributed by atoms with Gasteiger partial charge in [-0.05, 0) is 21.8 Å². The highest BCUT2D eigenvalue weighted by atomic mass is 28.4. The molecule has 2 aromatic carbocycles. The van der Waals surface area contributed by atoms with Crippen LogP contribution in [0.4, 0.5) is 0 Å². The summed E-state index contributed by atoms with van der Waals surface area (Å²) in [4.78, 5) is 11.7. The van der Waals surface area contributed by atoms with Gasteiger partial charge < -0.3 is 9.53 Å². The third-order valence-corrected chi connectivity index (χ3v) is 9.43. The summed E-state index contributed by atoms with van der Waals surface area (Å²) in [6, 6.07) is 20.2. The van der Waals surface area contributed by atoms with Crippen molar-refractivity contribution in [2.45, 2.75) is 45.3 Å². The van der Waals surface area contributed by atoms with Gasteiger partial charge in [-0.3, -0.25) is 0 Å². The second-order valence-corrected chi connectivity index (χ2v) is 11.3. The van der Waals surface area contributed by atoms with E-state index < -0.39 is 20.4 Å². The van der Waals surface area contributed by atoms with Gasteiger partial charge in [0.2, 0.25) is 0 Å². The molecule has 0 spiro atoms. The van der Waals surface area contributed by atoms with E-state index in [1.165, 1.54) is 0 Å². The van der Waals surface area contributed by atoms with Gasteiger partial charge in [0.05, 0.1) is 0 Å². The van der Waals surface area contributed by atoms with E-state index in [1.807, 2.05) is 43.3 Å². The molecule has 0 aromatic heterocycles. The topological polar surface area (TPSA) is 46.5 Å². The zero-order valence-electron chi connectivity index (χ0n) is 14.8. The minimum atomic E-state index is -2.78. The van der Waals surface area contributed by atoms with Crippen molar-refractivity contribution in [2.24, 2.45) is 0 Å². The van der Waals surface area contributed by atoms with E-state index >= 15 is 0 Å². The lowest BCUT2D eigenvalue weighted by atomic mass is 10.2. The SMILES string of the molecule is CCC(O[Si](c1ccccc1)(c1ccccc1)C(C)(C)C)C(=O)O. The van der Waals surface area contributed by atoms with Crippen LogP contribution in [0.5, 0.6) is 0 Å². The average molecular weight is 343 g/mol.